The Balaban J connectivity index is 1.37. The van der Waals surface area contributed by atoms with E-state index in [-0.39, 0.29) is 11.5 Å². The van der Waals surface area contributed by atoms with Gasteiger partial charge in [-0.2, -0.15) is 4.39 Å². The van der Waals surface area contributed by atoms with Crippen LogP contribution in [0.2, 0.25) is 0 Å². The standard InChI is InChI=1S/C20H20FN3O4/c21-17-3-2-16(12-18(17)24(26)27)20(25)23-8-6-22(7-9-23)13-14-1-4-19-15(11-14)5-10-28-19/h1-4,11-12H,5-10,13H2/p+1. The molecule has 2 aliphatic rings. The average molecular weight is 386 g/mol. The number of carbonyl (C=O) groups is 1. The zero-order valence-corrected chi connectivity index (χ0v) is 15.3. The molecule has 2 aliphatic heterocycles. The summed E-state index contributed by atoms with van der Waals surface area (Å²) in [6, 6.07) is 9.61. The van der Waals surface area contributed by atoms with Crippen molar-refractivity contribution in [3.05, 3.63) is 69.0 Å². The smallest absolute Gasteiger partial charge is 0.305 e. The first kappa shape index (κ1) is 18.4. The van der Waals surface area contributed by atoms with Crippen LogP contribution in [-0.4, -0.2) is 48.5 Å². The summed E-state index contributed by atoms with van der Waals surface area (Å²) in [4.78, 5) is 25.8. The SMILES string of the molecule is O=C(c1ccc(F)c([N+](=O)[O-])c1)N1CC[NH+](Cc2ccc3c(c2)CCO3)CC1. The number of nitrogens with zero attached hydrogens (tertiary/aromatic N) is 2. The Labute approximate surface area is 161 Å². The molecule has 2 aromatic carbocycles. The number of carbonyl (C=O) groups excluding carboxylic acids is 1. The molecular formula is C20H21FN3O4+. The number of hydrogen-bond donors (Lipinski definition) is 1. The van der Waals surface area contributed by atoms with Gasteiger partial charge in [0.1, 0.15) is 12.3 Å². The normalized spacial score (nSPS) is 16.5. The summed E-state index contributed by atoms with van der Waals surface area (Å²) in [5.41, 5.74) is 1.99. The maximum absolute atomic E-state index is 13.5. The summed E-state index contributed by atoms with van der Waals surface area (Å²) in [5.74, 6) is -0.255. The number of nitro benzene ring substituents is 1. The Morgan fingerprint density at radius 1 is 1.21 bits per heavy atom. The molecule has 4 rings (SSSR count). The highest BCUT2D eigenvalue weighted by molar-refractivity contribution is 5.94. The lowest BCUT2D eigenvalue weighted by Crippen LogP contribution is -3.13. The zero-order chi connectivity index (χ0) is 19.7. The molecule has 28 heavy (non-hydrogen) atoms. The number of benzene rings is 2. The highest BCUT2D eigenvalue weighted by atomic mass is 19.1. The fraction of sp³-hybridized carbons (Fsp3) is 0.350. The molecule has 0 spiro atoms. The number of nitro groups is 1. The van der Waals surface area contributed by atoms with Gasteiger partial charge in [0.15, 0.2) is 0 Å². The minimum Gasteiger partial charge on any atom is -0.493 e. The largest absolute Gasteiger partial charge is 0.493 e. The van der Waals surface area contributed by atoms with Crippen molar-refractivity contribution >= 4 is 11.6 Å². The summed E-state index contributed by atoms with van der Waals surface area (Å²) in [6.07, 6.45) is 0.949. The van der Waals surface area contributed by atoms with Gasteiger partial charge in [0.2, 0.25) is 5.82 Å². The van der Waals surface area contributed by atoms with Gasteiger partial charge in [-0.15, -0.1) is 0 Å². The molecule has 0 unspecified atom stereocenters. The van der Waals surface area contributed by atoms with Crippen LogP contribution in [0.4, 0.5) is 10.1 Å². The molecule has 8 heteroatoms. The van der Waals surface area contributed by atoms with Crippen molar-refractivity contribution in [2.24, 2.45) is 0 Å². The maximum Gasteiger partial charge on any atom is 0.305 e. The third kappa shape index (κ3) is 3.68. The van der Waals surface area contributed by atoms with E-state index in [1.807, 2.05) is 6.07 Å². The number of nitrogens with one attached hydrogen (secondary N) is 1. The first-order valence-electron chi connectivity index (χ1n) is 9.32. The molecule has 1 amide bonds. The lowest BCUT2D eigenvalue weighted by atomic mass is 10.1. The number of ether oxygens (including phenoxy) is 1. The highest BCUT2D eigenvalue weighted by Crippen LogP contribution is 2.25. The molecule has 1 saturated heterocycles. The van der Waals surface area contributed by atoms with Gasteiger partial charge in [-0.05, 0) is 35.9 Å². The summed E-state index contributed by atoms with van der Waals surface area (Å²) < 4.78 is 19.0. The summed E-state index contributed by atoms with van der Waals surface area (Å²) in [7, 11) is 0. The van der Waals surface area contributed by atoms with E-state index in [2.05, 4.69) is 12.1 Å². The quantitative estimate of drug-likeness (QED) is 0.633. The first-order chi connectivity index (χ1) is 13.5. The lowest BCUT2D eigenvalue weighted by molar-refractivity contribution is -0.917. The minimum atomic E-state index is -0.935. The molecule has 2 aromatic rings. The predicted molar refractivity (Wildman–Crippen MR) is 99.0 cm³/mol. The van der Waals surface area contributed by atoms with Gasteiger partial charge in [0.25, 0.3) is 5.91 Å². The van der Waals surface area contributed by atoms with Gasteiger partial charge in [0.05, 0.1) is 37.7 Å². The number of halogens is 1. The van der Waals surface area contributed by atoms with Gasteiger partial charge in [0, 0.05) is 23.6 Å². The van der Waals surface area contributed by atoms with Crippen molar-refractivity contribution in [2.75, 3.05) is 32.8 Å². The van der Waals surface area contributed by atoms with Crippen LogP contribution in [0.3, 0.4) is 0 Å². The molecule has 0 radical (unpaired) electrons. The van der Waals surface area contributed by atoms with E-state index in [4.69, 9.17) is 4.74 Å². The molecule has 1 N–H and O–H groups in total. The molecule has 0 bridgehead atoms. The van der Waals surface area contributed by atoms with E-state index in [1.165, 1.54) is 22.1 Å². The number of fused-ring (bicyclic) bond motifs is 1. The van der Waals surface area contributed by atoms with Crippen LogP contribution >= 0.6 is 0 Å². The Kier molecular flexibility index (Phi) is 4.95. The summed E-state index contributed by atoms with van der Waals surface area (Å²) in [6.45, 7) is 4.34. The van der Waals surface area contributed by atoms with Crippen LogP contribution in [0.5, 0.6) is 5.75 Å². The average Bonchev–Trinajstić information content (AvgIpc) is 3.16. The molecular weight excluding hydrogens is 365 g/mol. The van der Waals surface area contributed by atoms with E-state index in [9.17, 15) is 19.3 Å². The fourth-order valence-corrected chi connectivity index (χ4v) is 3.81. The topological polar surface area (TPSA) is 77.1 Å². The second-order valence-electron chi connectivity index (χ2n) is 7.18. The third-order valence-electron chi connectivity index (χ3n) is 5.36. The molecule has 1 fully saturated rings. The number of piperazine rings is 1. The van der Waals surface area contributed by atoms with E-state index < -0.39 is 16.4 Å². The van der Waals surface area contributed by atoms with Crippen LogP contribution in [0.1, 0.15) is 21.5 Å². The monoisotopic (exact) mass is 386 g/mol. The van der Waals surface area contributed by atoms with E-state index in [0.29, 0.717) is 13.1 Å². The Morgan fingerprint density at radius 2 is 2.00 bits per heavy atom. The molecule has 2 heterocycles. The Morgan fingerprint density at radius 3 is 2.75 bits per heavy atom. The van der Waals surface area contributed by atoms with Crippen molar-refractivity contribution in [1.29, 1.82) is 0 Å². The first-order valence-corrected chi connectivity index (χ1v) is 9.32. The van der Waals surface area contributed by atoms with Crippen LogP contribution in [0, 0.1) is 15.9 Å². The van der Waals surface area contributed by atoms with Crippen molar-refractivity contribution in [1.82, 2.24) is 4.90 Å². The van der Waals surface area contributed by atoms with Gasteiger partial charge < -0.3 is 14.5 Å². The number of amides is 1. The minimum absolute atomic E-state index is 0.148. The van der Waals surface area contributed by atoms with Gasteiger partial charge >= 0.3 is 5.69 Å². The fourth-order valence-electron chi connectivity index (χ4n) is 3.81. The molecule has 0 aromatic heterocycles. The summed E-state index contributed by atoms with van der Waals surface area (Å²) in [5, 5.41) is 10.9. The second kappa shape index (κ2) is 7.55. The molecule has 0 aliphatic carbocycles. The number of hydrogen-bond acceptors (Lipinski definition) is 4. The van der Waals surface area contributed by atoms with Crippen LogP contribution < -0.4 is 9.64 Å². The lowest BCUT2D eigenvalue weighted by Gasteiger charge is -2.32. The van der Waals surface area contributed by atoms with E-state index in [1.54, 1.807) is 4.90 Å². The van der Waals surface area contributed by atoms with E-state index >= 15 is 0 Å². The van der Waals surface area contributed by atoms with Crippen molar-refractivity contribution in [2.45, 2.75) is 13.0 Å². The van der Waals surface area contributed by atoms with Crippen molar-refractivity contribution in [3.8, 4) is 5.75 Å². The molecule has 0 saturated carbocycles. The maximum atomic E-state index is 13.5. The highest BCUT2D eigenvalue weighted by Gasteiger charge is 2.27. The van der Waals surface area contributed by atoms with E-state index in [0.717, 1.165) is 50.5 Å². The molecule has 0 atom stereocenters. The van der Waals surface area contributed by atoms with Crippen LogP contribution in [0.25, 0.3) is 0 Å². The number of quaternary nitrogens is 1. The predicted octanol–water partition coefficient (Wildman–Crippen LogP) is 1.21. The third-order valence-corrected chi connectivity index (χ3v) is 5.36. The Hall–Kier alpha value is -3.00. The Bertz CT molecular complexity index is 926. The van der Waals surface area contributed by atoms with Crippen LogP contribution in [-0.2, 0) is 13.0 Å². The molecule has 7 nitrogen and oxygen atoms in total. The summed E-state index contributed by atoms with van der Waals surface area (Å²) >= 11 is 0. The van der Waals surface area contributed by atoms with Crippen LogP contribution in [0.15, 0.2) is 36.4 Å². The van der Waals surface area contributed by atoms with Gasteiger partial charge in [-0.3, -0.25) is 14.9 Å². The zero-order valence-electron chi connectivity index (χ0n) is 15.3. The van der Waals surface area contributed by atoms with Crippen molar-refractivity contribution in [3.63, 3.8) is 0 Å². The second-order valence-corrected chi connectivity index (χ2v) is 7.18. The van der Waals surface area contributed by atoms with Gasteiger partial charge in [-0.25, -0.2) is 0 Å². The number of rotatable bonds is 4. The van der Waals surface area contributed by atoms with Gasteiger partial charge in [-0.1, -0.05) is 0 Å². The molecule has 146 valence electrons. The van der Waals surface area contributed by atoms with Crippen molar-refractivity contribution < 1.29 is 23.7 Å².